The van der Waals surface area contributed by atoms with E-state index in [4.69, 9.17) is 21.0 Å². The summed E-state index contributed by atoms with van der Waals surface area (Å²) in [6.45, 7) is 1.20. The molecule has 0 bridgehead atoms. The second-order valence-electron chi connectivity index (χ2n) is 2.76. The average molecular weight is 186 g/mol. The summed E-state index contributed by atoms with van der Waals surface area (Å²) in [6.07, 6.45) is -0.397. The largest absolute Gasteiger partial charge is 0.300 e. The van der Waals surface area contributed by atoms with E-state index in [2.05, 4.69) is 0 Å². The van der Waals surface area contributed by atoms with Crippen molar-refractivity contribution in [2.24, 2.45) is 11.3 Å². The summed E-state index contributed by atoms with van der Waals surface area (Å²) in [5.41, 5.74) is -1.84. The number of rotatable bonds is 3. The van der Waals surface area contributed by atoms with Crippen LogP contribution in [0.25, 0.3) is 0 Å². The summed E-state index contributed by atoms with van der Waals surface area (Å²) in [4.78, 5) is 10.8. The van der Waals surface area contributed by atoms with Gasteiger partial charge in [0, 0.05) is 6.42 Å². The van der Waals surface area contributed by atoms with Crippen molar-refractivity contribution >= 4 is 5.78 Å². The van der Waals surface area contributed by atoms with Crippen molar-refractivity contribution in [3.05, 3.63) is 0 Å². The minimum atomic E-state index is -1.84. The van der Waals surface area contributed by atoms with Gasteiger partial charge >= 0.3 is 0 Å². The van der Waals surface area contributed by atoms with Gasteiger partial charge in [-0.3, -0.25) is 4.79 Å². The van der Waals surface area contributed by atoms with E-state index in [0.29, 0.717) is 0 Å². The Morgan fingerprint density at radius 1 is 1.21 bits per heavy atom. The molecule has 0 aromatic heterocycles. The van der Waals surface area contributed by atoms with Crippen LogP contribution in [0.5, 0.6) is 0 Å². The molecule has 0 atom stereocenters. The molecule has 0 aromatic carbocycles. The van der Waals surface area contributed by atoms with Crippen molar-refractivity contribution in [3.63, 3.8) is 0 Å². The Morgan fingerprint density at radius 3 is 1.86 bits per heavy atom. The van der Waals surface area contributed by atoms with E-state index in [-0.39, 0.29) is 0 Å². The molecule has 0 aliphatic heterocycles. The molecule has 0 heterocycles. The molecule has 0 radical (unpaired) electrons. The molecule has 0 aliphatic carbocycles. The van der Waals surface area contributed by atoms with Crippen LogP contribution in [0, 0.1) is 56.7 Å². The molecular formula is C9H6N4O. The SMILES string of the molecule is CC(=O)CC(C#N)(C#N)C(C#N)C#N. The van der Waals surface area contributed by atoms with Gasteiger partial charge in [0.1, 0.15) is 5.78 Å². The minimum absolute atomic E-state index is 0.397. The number of nitriles is 4. The molecule has 0 unspecified atom stereocenters. The van der Waals surface area contributed by atoms with E-state index >= 15 is 0 Å². The van der Waals surface area contributed by atoms with Gasteiger partial charge < -0.3 is 0 Å². The van der Waals surface area contributed by atoms with Gasteiger partial charge in [0.25, 0.3) is 0 Å². The van der Waals surface area contributed by atoms with Crippen LogP contribution in [0.2, 0.25) is 0 Å². The zero-order valence-electron chi connectivity index (χ0n) is 7.48. The Hall–Kier alpha value is -2.37. The molecule has 14 heavy (non-hydrogen) atoms. The number of hydrogen-bond donors (Lipinski definition) is 0. The first-order valence-electron chi connectivity index (χ1n) is 3.67. The predicted octanol–water partition coefficient (Wildman–Crippen LogP) is 0.662. The van der Waals surface area contributed by atoms with E-state index < -0.39 is 23.5 Å². The van der Waals surface area contributed by atoms with Crippen LogP contribution >= 0.6 is 0 Å². The highest BCUT2D eigenvalue weighted by Gasteiger charge is 2.41. The molecule has 0 aromatic rings. The minimum Gasteiger partial charge on any atom is -0.300 e. The molecule has 5 heteroatoms. The molecule has 0 saturated heterocycles. The second-order valence-corrected chi connectivity index (χ2v) is 2.76. The van der Waals surface area contributed by atoms with Crippen LogP contribution in [-0.2, 0) is 4.79 Å². The van der Waals surface area contributed by atoms with Crippen molar-refractivity contribution < 1.29 is 4.79 Å². The van der Waals surface area contributed by atoms with Crippen molar-refractivity contribution in [2.45, 2.75) is 13.3 Å². The van der Waals surface area contributed by atoms with Crippen molar-refractivity contribution in [1.82, 2.24) is 0 Å². The lowest BCUT2D eigenvalue weighted by atomic mass is 9.75. The summed E-state index contributed by atoms with van der Waals surface area (Å²) >= 11 is 0. The second kappa shape index (κ2) is 4.61. The van der Waals surface area contributed by atoms with Gasteiger partial charge in [-0.1, -0.05) is 0 Å². The standard InChI is InChI=1S/C9H6N4O/c1-7(14)2-9(5-12,6-13)8(3-10)4-11/h8H,2H2,1H3. The Kier molecular flexibility index (Phi) is 3.83. The summed E-state index contributed by atoms with van der Waals surface area (Å²) in [7, 11) is 0. The maximum atomic E-state index is 10.8. The number of Topliss-reactive ketones (excluding diaryl/α,β-unsaturated/α-hetero) is 1. The maximum Gasteiger partial charge on any atom is 0.179 e. The van der Waals surface area contributed by atoms with Gasteiger partial charge in [-0.2, -0.15) is 21.0 Å². The van der Waals surface area contributed by atoms with E-state index in [9.17, 15) is 4.79 Å². The van der Waals surface area contributed by atoms with Crippen LogP contribution in [0.1, 0.15) is 13.3 Å². The summed E-state index contributed by atoms with van der Waals surface area (Å²) in [6, 6.07) is 6.23. The van der Waals surface area contributed by atoms with E-state index in [1.54, 1.807) is 24.3 Å². The fourth-order valence-electron chi connectivity index (χ4n) is 0.977. The van der Waals surface area contributed by atoms with Crippen LogP contribution < -0.4 is 0 Å². The van der Waals surface area contributed by atoms with Gasteiger partial charge in [0.15, 0.2) is 11.3 Å². The number of hydrogen-bond acceptors (Lipinski definition) is 5. The number of nitrogens with zero attached hydrogens (tertiary/aromatic N) is 4. The zero-order valence-corrected chi connectivity index (χ0v) is 7.48. The zero-order chi connectivity index (χ0) is 11.2. The van der Waals surface area contributed by atoms with E-state index in [0.717, 1.165) is 0 Å². The summed E-state index contributed by atoms with van der Waals surface area (Å²) in [5.74, 6) is -1.80. The third kappa shape index (κ3) is 2.07. The first-order chi connectivity index (χ1) is 6.56. The average Bonchev–Trinajstić information content (AvgIpc) is 2.17. The predicted molar refractivity (Wildman–Crippen MR) is 43.7 cm³/mol. The summed E-state index contributed by atoms with van der Waals surface area (Å²) < 4.78 is 0. The molecule has 0 fully saturated rings. The smallest absolute Gasteiger partial charge is 0.179 e. The van der Waals surface area contributed by atoms with E-state index in [1.165, 1.54) is 6.92 Å². The molecule has 0 saturated carbocycles. The molecule has 0 rings (SSSR count). The number of carbonyl (C=O) groups excluding carboxylic acids is 1. The van der Waals surface area contributed by atoms with Crippen LogP contribution in [0.15, 0.2) is 0 Å². The third-order valence-electron chi connectivity index (χ3n) is 1.68. The molecule has 68 valence electrons. The Labute approximate surface area is 81.4 Å². The molecular weight excluding hydrogens is 180 g/mol. The van der Waals surface area contributed by atoms with E-state index in [1.807, 2.05) is 0 Å². The highest BCUT2D eigenvalue weighted by Crippen LogP contribution is 2.30. The van der Waals surface area contributed by atoms with Gasteiger partial charge in [0.2, 0.25) is 0 Å². The van der Waals surface area contributed by atoms with Crippen LogP contribution in [-0.4, -0.2) is 5.78 Å². The van der Waals surface area contributed by atoms with Crippen molar-refractivity contribution in [2.75, 3.05) is 0 Å². The molecule has 0 aliphatic rings. The molecule has 0 spiro atoms. The maximum absolute atomic E-state index is 10.8. The van der Waals surface area contributed by atoms with Crippen molar-refractivity contribution in [1.29, 1.82) is 21.0 Å². The van der Waals surface area contributed by atoms with Gasteiger partial charge in [0.05, 0.1) is 24.3 Å². The number of ketones is 1. The lowest BCUT2D eigenvalue weighted by Gasteiger charge is -2.16. The summed E-state index contributed by atoms with van der Waals surface area (Å²) in [5, 5.41) is 34.6. The van der Waals surface area contributed by atoms with Gasteiger partial charge in [-0.05, 0) is 6.92 Å². The molecule has 0 N–H and O–H groups in total. The van der Waals surface area contributed by atoms with Gasteiger partial charge in [-0.25, -0.2) is 0 Å². The Balaban J connectivity index is 5.26. The number of carbonyl (C=O) groups is 1. The topological polar surface area (TPSA) is 112 Å². The highest BCUT2D eigenvalue weighted by molar-refractivity contribution is 5.77. The van der Waals surface area contributed by atoms with Gasteiger partial charge in [-0.15, -0.1) is 0 Å². The Morgan fingerprint density at radius 2 is 1.64 bits per heavy atom. The quantitative estimate of drug-likeness (QED) is 0.642. The molecule has 0 amide bonds. The first kappa shape index (κ1) is 11.6. The fourth-order valence-corrected chi connectivity index (χ4v) is 0.977. The fraction of sp³-hybridized carbons (Fsp3) is 0.444. The third-order valence-corrected chi connectivity index (χ3v) is 1.68. The lowest BCUT2D eigenvalue weighted by molar-refractivity contribution is -0.118. The van der Waals surface area contributed by atoms with Crippen LogP contribution in [0.3, 0.4) is 0 Å². The highest BCUT2D eigenvalue weighted by atomic mass is 16.1. The lowest BCUT2D eigenvalue weighted by Crippen LogP contribution is -2.28. The molecule has 5 nitrogen and oxygen atoms in total. The monoisotopic (exact) mass is 186 g/mol. The normalized spacial score (nSPS) is 9.29. The van der Waals surface area contributed by atoms with Crippen LogP contribution in [0.4, 0.5) is 0 Å². The first-order valence-corrected chi connectivity index (χ1v) is 3.67. The van der Waals surface area contributed by atoms with Crippen molar-refractivity contribution in [3.8, 4) is 24.3 Å². The Bertz CT molecular complexity index is 370.